The first-order chi connectivity index (χ1) is 15.8. The zero-order chi connectivity index (χ0) is 23.6. The van der Waals surface area contributed by atoms with Gasteiger partial charge in [-0.25, -0.2) is 15.0 Å². The predicted octanol–water partition coefficient (Wildman–Crippen LogP) is 5.50. The van der Waals surface area contributed by atoms with E-state index in [1.807, 2.05) is 42.7 Å². The SMILES string of the molecule is CCCNc1nc(C=O)nc2nc(-c3cccc(C)c3)n(Cc3ccc(C(F)(F)F)cc3)c12. The van der Waals surface area contributed by atoms with Crippen LogP contribution in [0.5, 0.6) is 0 Å². The minimum absolute atomic E-state index is 0.0103. The van der Waals surface area contributed by atoms with Crippen LogP contribution in [-0.2, 0) is 12.7 Å². The van der Waals surface area contributed by atoms with E-state index in [4.69, 9.17) is 0 Å². The highest BCUT2D eigenvalue weighted by atomic mass is 19.4. The Labute approximate surface area is 188 Å². The zero-order valence-corrected chi connectivity index (χ0v) is 18.1. The summed E-state index contributed by atoms with van der Waals surface area (Å²) in [4.78, 5) is 24.7. The number of aldehydes is 1. The summed E-state index contributed by atoms with van der Waals surface area (Å²) < 4.78 is 40.9. The summed E-state index contributed by atoms with van der Waals surface area (Å²) in [6.45, 7) is 4.84. The summed E-state index contributed by atoms with van der Waals surface area (Å²) in [5.41, 5.74) is 2.75. The highest BCUT2D eigenvalue weighted by Crippen LogP contribution is 2.31. The van der Waals surface area contributed by atoms with Crippen molar-refractivity contribution in [2.24, 2.45) is 0 Å². The second kappa shape index (κ2) is 9.01. The predicted molar refractivity (Wildman–Crippen MR) is 120 cm³/mol. The third-order valence-corrected chi connectivity index (χ3v) is 5.17. The summed E-state index contributed by atoms with van der Waals surface area (Å²) in [5, 5.41) is 3.22. The molecule has 0 aliphatic heterocycles. The Hall–Kier alpha value is -3.75. The Balaban J connectivity index is 1.90. The first kappa shape index (κ1) is 22.4. The van der Waals surface area contributed by atoms with E-state index in [0.717, 1.165) is 29.7 Å². The Bertz CT molecular complexity index is 1300. The van der Waals surface area contributed by atoms with Gasteiger partial charge in [0, 0.05) is 18.7 Å². The van der Waals surface area contributed by atoms with Gasteiger partial charge in [0.1, 0.15) is 11.3 Å². The molecule has 0 atom stereocenters. The number of fused-ring (bicyclic) bond motifs is 1. The summed E-state index contributed by atoms with van der Waals surface area (Å²) in [6.07, 6.45) is -3.00. The van der Waals surface area contributed by atoms with E-state index in [0.29, 0.717) is 41.2 Å². The molecule has 1 N–H and O–H groups in total. The molecule has 2 aromatic heterocycles. The number of halogens is 3. The summed E-state index contributed by atoms with van der Waals surface area (Å²) in [7, 11) is 0. The first-order valence-corrected chi connectivity index (χ1v) is 10.5. The molecule has 0 aliphatic rings. The fourth-order valence-electron chi connectivity index (χ4n) is 3.61. The van der Waals surface area contributed by atoms with Gasteiger partial charge in [-0.1, -0.05) is 42.8 Å². The highest BCUT2D eigenvalue weighted by molar-refractivity contribution is 5.89. The molecule has 0 bridgehead atoms. The Kier molecular flexibility index (Phi) is 6.13. The molecule has 4 rings (SSSR count). The number of nitrogens with one attached hydrogen (secondary N) is 1. The van der Waals surface area contributed by atoms with Crippen molar-refractivity contribution in [3.8, 4) is 11.4 Å². The lowest BCUT2D eigenvalue weighted by molar-refractivity contribution is -0.137. The molecule has 6 nitrogen and oxygen atoms in total. The van der Waals surface area contributed by atoms with E-state index < -0.39 is 11.7 Å². The number of carbonyl (C=O) groups is 1. The molecular weight excluding hydrogens is 431 g/mol. The molecule has 0 aliphatic carbocycles. The van der Waals surface area contributed by atoms with Gasteiger partial charge in [-0.15, -0.1) is 0 Å². The van der Waals surface area contributed by atoms with Crippen LogP contribution in [0.2, 0.25) is 0 Å². The fraction of sp³-hybridized carbons (Fsp3) is 0.250. The van der Waals surface area contributed by atoms with Gasteiger partial charge in [-0.2, -0.15) is 13.2 Å². The minimum atomic E-state index is -4.40. The molecule has 2 aromatic carbocycles. The molecule has 0 saturated heterocycles. The summed E-state index contributed by atoms with van der Waals surface area (Å²) >= 11 is 0. The molecule has 4 aromatic rings. The van der Waals surface area contributed by atoms with Gasteiger partial charge in [0.2, 0.25) is 0 Å². The van der Waals surface area contributed by atoms with Crippen LogP contribution in [-0.4, -0.2) is 32.3 Å². The zero-order valence-electron chi connectivity index (χ0n) is 18.1. The average molecular weight is 453 g/mol. The van der Waals surface area contributed by atoms with Crippen molar-refractivity contribution in [1.82, 2.24) is 19.5 Å². The van der Waals surface area contributed by atoms with Crippen molar-refractivity contribution in [2.75, 3.05) is 11.9 Å². The maximum absolute atomic E-state index is 13.0. The van der Waals surface area contributed by atoms with Crippen LogP contribution in [0, 0.1) is 6.92 Å². The van der Waals surface area contributed by atoms with Gasteiger partial charge in [-0.05, 0) is 37.1 Å². The standard InChI is InChI=1S/C24H22F3N5O/c1-3-11-28-21-20-22(30-19(14-33)29-21)31-23(17-6-4-5-15(2)12-17)32(20)13-16-7-9-18(10-8-16)24(25,26)27/h4-10,12,14H,3,11,13H2,1-2H3,(H,28,29,30). The third-order valence-electron chi connectivity index (χ3n) is 5.17. The van der Waals surface area contributed by atoms with E-state index in [1.54, 1.807) is 0 Å². The Morgan fingerprint density at radius 1 is 1.06 bits per heavy atom. The number of carbonyl (C=O) groups excluding carboxylic acids is 1. The number of anilines is 1. The second-order valence-electron chi connectivity index (χ2n) is 7.73. The van der Waals surface area contributed by atoms with Crippen LogP contribution in [0.1, 0.15) is 40.7 Å². The smallest absolute Gasteiger partial charge is 0.368 e. The van der Waals surface area contributed by atoms with E-state index in [-0.39, 0.29) is 12.4 Å². The number of hydrogen-bond acceptors (Lipinski definition) is 5. The van der Waals surface area contributed by atoms with Gasteiger partial charge >= 0.3 is 6.18 Å². The molecule has 0 spiro atoms. The number of hydrogen-bond donors (Lipinski definition) is 1. The lowest BCUT2D eigenvalue weighted by Crippen LogP contribution is -2.10. The van der Waals surface area contributed by atoms with Crippen molar-refractivity contribution >= 4 is 23.3 Å². The maximum atomic E-state index is 13.0. The van der Waals surface area contributed by atoms with Crippen LogP contribution >= 0.6 is 0 Å². The largest absolute Gasteiger partial charge is 0.416 e. The van der Waals surface area contributed by atoms with Crippen LogP contribution in [0.4, 0.5) is 19.0 Å². The molecule has 0 unspecified atom stereocenters. The Morgan fingerprint density at radius 3 is 2.45 bits per heavy atom. The quantitative estimate of drug-likeness (QED) is 0.374. The molecule has 0 saturated carbocycles. The van der Waals surface area contributed by atoms with Gasteiger partial charge in [0.15, 0.2) is 23.6 Å². The lowest BCUT2D eigenvalue weighted by atomic mass is 10.1. The van der Waals surface area contributed by atoms with Gasteiger partial charge in [-0.3, -0.25) is 4.79 Å². The highest BCUT2D eigenvalue weighted by Gasteiger charge is 2.30. The van der Waals surface area contributed by atoms with Gasteiger partial charge < -0.3 is 9.88 Å². The Morgan fingerprint density at radius 2 is 1.82 bits per heavy atom. The van der Waals surface area contributed by atoms with E-state index in [1.165, 1.54) is 12.1 Å². The molecule has 0 radical (unpaired) electrons. The number of imidazole rings is 1. The van der Waals surface area contributed by atoms with Gasteiger partial charge in [0.05, 0.1) is 5.56 Å². The number of rotatable bonds is 7. The van der Waals surface area contributed by atoms with Crippen molar-refractivity contribution in [3.05, 3.63) is 71.0 Å². The summed E-state index contributed by atoms with van der Waals surface area (Å²) in [6, 6.07) is 12.8. The van der Waals surface area contributed by atoms with Crippen LogP contribution < -0.4 is 5.32 Å². The fourth-order valence-corrected chi connectivity index (χ4v) is 3.61. The van der Waals surface area contributed by atoms with Crippen LogP contribution in [0.3, 0.4) is 0 Å². The minimum Gasteiger partial charge on any atom is -0.368 e. The molecule has 170 valence electrons. The normalized spacial score (nSPS) is 11.7. The topological polar surface area (TPSA) is 72.7 Å². The van der Waals surface area contributed by atoms with Crippen LogP contribution in [0.25, 0.3) is 22.6 Å². The van der Waals surface area contributed by atoms with Crippen molar-refractivity contribution in [1.29, 1.82) is 0 Å². The molecule has 9 heteroatoms. The second-order valence-corrected chi connectivity index (χ2v) is 7.73. The monoisotopic (exact) mass is 453 g/mol. The van der Waals surface area contributed by atoms with E-state index in [2.05, 4.69) is 20.3 Å². The molecular formula is C24H22F3N5O. The molecule has 0 amide bonds. The average Bonchev–Trinajstić information content (AvgIpc) is 3.15. The van der Waals surface area contributed by atoms with Crippen molar-refractivity contribution < 1.29 is 18.0 Å². The lowest BCUT2D eigenvalue weighted by Gasteiger charge is -2.13. The third kappa shape index (κ3) is 4.72. The molecule has 2 heterocycles. The van der Waals surface area contributed by atoms with E-state index in [9.17, 15) is 18.0 Å². The number of aryl methyl sites for hydroxylation is 1. The van der Waals surface area contributed by atoms with Crippen molar-refractivity contribution in [3.63, 3.8) is 0 Å². The van der Waals surface area contributed by atoms with Crippen LogP contribution in [0.15, 0.2) is 48.5 Å². The first-order valence-electron chi connectivity index (χ1n) is 10.5. The molecule has 0 fully saturated rings. The maximum Gasteiger partial charge on any atom is 0.416 e. The van der Waals surface area contributed by atoms with Crippen molar-refractivity contribution in [2.45, 2.75) is 33.0 Å². The number of nitrogens with zero attached hydrogens (tertiary/aromatic N) is 4. The molecule has 33 heavy (non-hydrogen) atoms. The number of benzene rings is 2. The van der Waals surface area contributed by atoms with E-state index >= 15 is 0 Å². The number of aromatic nitrogens is 4. The number of alkyl halides is 3. The van der Waals surface area contributed by atoms with Gasteiger partial charge in [0.25, 0.3) is 0 Å². The summed E-state index contributed by atoms with van der Waals surface area (Å²) in [5.74, 6) is 1.06.